The van der Waals surface area contributed by atoms with Gasteiger partial charge in [0, 0.05) is 0 Å². The smallest absolute Gasteiger partial charge is 0.0942 e. The van der Waals surface area contributed by atoms with Gasteiger partial charge in [-0.05, 0) is 51.5 Å². The van der Waals surface area contributed by atoms with Crippen LogP contribution in [0, 0.1) is 11.1 Å². The fraction of sp³-hybridized carbons (Fsp3) is 0.714. The van der Waals surface area contributed by atoms with E-state index in [1.165, 1.54) is 24.0 Å². The molecule has 2 N–H and O–H groups in total. The molecule has 0 atom stereocenters. The van der Waals surface area contributed by atoms with E-state index >= 15 is 0 Å². The first-order valence-corrected chi connectivity index (χ1v) is 6.41. The molecule has 0 bridgehead atoms. The SMILES string of the molecule is CCC(CC)C(C)=CCCC(C)=CC[NH2+][O-]. The van der Waals surface area contributed by atoms with Crippen LogP contribution in [0.5, 0.6) is 0 Å². The minimum absolute atomic E-state index is 0.557. The molecule has 0 spiro atoms. The molecule has 0 saturated carbocycles. The molecule has 0 fully saturated rings. The molecule has 0 aliphatic rings. The van der Waals surface area contributed by atoms with Gasteiger partial charge in [0.25, 0.3) is 0 Å². The van der Waals surface area contributed by atoms with E-state index < -0.39 is 0 Å². The number of nitrogens with two attached hydrogens (primary N) is 1. The molecule has 0 amide bonds. The van der Waals surface area contributed by atoms with Gasteiger partial charge in [0.15, 0.2) is 0 Å². The minimum Gasteiger partial charge on any atom is -0.636 e. The summed E-state index contributed by atoms with van der Waals surface area (Å²) < 4.78 is 0. The Morgan fingerprint density at radius 2 is 1.81 bits per heavy atom. The maximum Gasteiger partial charge on any atom is 0.0942 e. The van der Waals surface area contributed by atoms with Crippen molar-refractivity contribution in [1.29, 1.82) is 0 Å². The summed E-state index contributed by atoms with van der Waals surface area (Å²) in [5, 5.41) is 10.2. The van der Waals surface area contributed by atoms with Crippen LogP contribution in [0.25, 0.3) is 0 Å². The second kappa shape index (κ2) is 9.61. The zero-order valence-corrected chi connectivity index (χ0v) is 11.3. The molecule has 0 aromatic carbocycles. The molecule has 0 unspecified atom stereocenters. The largest absolute Gasteiger partial charge is 0.636 e. The van der Waals surface area contributed by atoms with Gasteiger partial charge in [0.2, 0.25) is 0 Å². The van der Waals surface area contributed by atoms with E-state index in [0.717, 1.165) is 24.2 Å². The van der Waals surface area contributed by atoms with E-state index in [1.807, 2.05) is 6.08 Å². The van der Waals surface area contributed by atoms with Gasteiger partial charge in [-0.1, -0.05) is 31.1 Å². The number of rotatable bonds is 8. The summed E-state index contributed by atoms with van der Waals surface area (Å²) in [5.74, 6) is 0.749. The van der Waals surface area contributed by atoms with Gasteiger partial charge in [0.05, 0.1) is 6.54 Å². The molecule has 0 aliphatic carbocycles. The van der Waals surface area contributed by atoms with Crippen molar-refractivity contribution in [2.45, 2.75) is 53.4 Å². The van der Waals surface area contributed by atoms with Gasteiger partial charge >= 0.3 is 0 Å². The first-order chi connectivity index (χ1) is 7.65. The first kappa shape index (κ1) is 15.4. The number of hydroxylamine groups is 1. The maximum absolute atomic E-state index is 10.2. The zero-order valence-electron chi connectivity index (χ0n) is 11.3. The molecule has 2 nitrogen and oxygen atoms in total. The number of hydrogen-bond donors (Lipinski definition) is 1. The highest BCUT2D eigenvalue weighted by molar-refractivity contribution is 5.06. The van der Waals surface area contributed by atoms with E-state index in [2.05, 4.69) is 33.8 Å². The van der Waals surface area contributed by atoms with Crippen LogP contribution in [0.2, 0.25) is 0 Å². The van der Waals surface area contributed by atoms with Gasteiger partial charge in [-0.3, -0.25) is 0 Å². The monoisotopic (exact) mass is 225 g/mol. The van der Waals surface area contributed by atoms with Crippen molar-refractivity contribution in [3.8, 4) is 0 Å². The lowest BCUT2D eigenvalue weighted by Crippen LogP contribution is -2.76. The van der Waals surface area contributed by atoms with Gasteiger partial charge in [0.1, 0.15) is 0 Å². The van der Waals surface area contributed by atoms with Crippen molar-refractivity contribution < 1.29 is 5.48 Å². The third-order valence-corrected chi connectivity index (χ3v) is 3.20. The highest BCUT2D eigenvalue weighted by Gasteiger charge is 2.04. The van der Waals surface area contributed by atoms with E-state index in [9.17, 15) is 5.21 Å². The average molecular weight is 225 g/mol. The summed E-state index contributed by atoms with van der Waals surface area (Å²) >= 11 is 0. The number of allylic oxidation sites excluding steroid dienone is 3. The Kier molecular flexibility index (Phi) is 9.25. The van der Waals surface area contributed by atoms with E-state index in [0.29, 0.717) is 6.54 Å². The average Bonchev–Trinajstić information content (AvgIpc) is 2.28. The molecular formula is C14H27NO. The number of quaternary nitrogens is 1. The van der Waals surface area contributed by atoms with Crippen LogP contribution in [-0.4, -0.2) is 6.54 Å². The van der Waals surface area contributed by atoms with Crippen molar-refractivity contribution in [3.05, 3.63) is 28.5 Å². The van der Waals surface area contributed by atoms with Crippen LogP contribution in [0.15, 0.2) is 23.3 Å². The Balaban J connectivity index is 3.98. The van der Waals surface area contributed by atoms with E-state index in [-0.39, 0.29) is 0 Å². The van der Waals surface area contributed by atoms with Crippen molar-refractivity contribution >= 4 is 0 Å². The third kappa shape index (κ3) is 6.81. The molecule has 0 aliphatic heterocycles. The van der Waals surface area contributed by atoms with Crippen molar-refractivity contribution in [2.24, 2.45) is 5.92 Å². The quantitative estimate of drug-likeness (QED) is 0.500. The zero-order chi connectivity index (χ0) is 12.4. The van der Waals surface area contributed by atoms with E-state index in [4.69, 9.17) is 0 Å². The Hall–Kier alpha value is -0.600. The fourth-order valence-electron chi connectivity index (χ4n) is 1.98. The van der Waals surface area contributed by atoms with Crippen molar-refractivity contribution in [3.63, 3.8) is 0 Å². The normalized spacial score (nSPS) is 13.6. The summed E-state index contributed by atoms with van der Waals surface area (Å²) in [6, 6.07) is 0. The van der Waals surface area contributed by atoms with Crippen molar-refractivity contribution in [1.82, 2.24) is 0 Å². The Morgan fingerprint density at radius 1 is 1.19 bits per heavy atom. The van der Waals surface area contributed by atoms with Gasteiger partial charge in [-0.2, -0.15) is 0 Å². The summed E-state index contributed by atoms with van der Waals surface area (Å²) in [4.78, 5) is 0. The molecule has 2 heteroatoms. The molecule has 94 valence electrons. The van der Waals surface area contributed by atoms with Crippen molar-refractivity contribution in [2.75, 3.05) is 6.54 Å². The molecule has 0 heterocycles. The van der Waals surface area contributed by atoms with Crippen LogP contribution in [0.4, 0.5) is 0 Å². The molecule has 16 heavy (non-hydrogen) atoms. The molecule has 0 aromatic heterocycles. The minimum atomic E-state index is 0.557. The van der Waals surface area contributed by atoms with Crippen LogP contribution >= 0.6 is 0 Å². The second-order valence-electron chi connectivity index (χ2n) is 4.45. The molecule has 0 saturated heterocycles. The summed E-state index contributed by atoms with van der Waals surface area (Å²) in [5.41, 5.74) is 3.79. The highest BCUT2D eigenvalue weighted by Crippen LogP contribution is 2.19. The van der Waals surface area contributed by atoms with Crippen LogP contribution in [0.3, 0.4) is 0 Å². The number of hydrogen-bond acceptors (Lipinski definition) is 1. The predicted octanol–water partition coefficient (Wildman–Crippen LogP) is 3.16. The van der Waals surface area contributed by atoms with Crippen LogP contribution in [0.1, 0.15) is 53.4 Å². The molecule has 0 radical (unpaired) electrons. The van der Waals surface area contributed by atoms with E-state index in [1.54, 1.807) is 0 Å². The maximum atomic E-state index is 10.2. The topological polar surface area (TPSA) is 39.7 Å². The van der Waals surface area contributed by atoms with Gasteiger partial charge < -0.3 is 10.7 Å². The lowest BCUT2D eigenvalue weighted by molar-refractivity contribution is -0.578. The van der Waals surface area contributed by atoms with Gasteiger partial charge in [-0.25, -0.2) is 0 Å². The Bertz CT molecular complexity index is 227. The van der Waals surface area contributed by atoms with Gasteiger partial charge in [-0.15, -0.1) is 0 Å². The molecule has 0 rings (SSSR count). The Morgan fingerprint density at radius 3 is 2.31 bits per heavy atom. The standard InChI is InChI=1S/C14H27NO/c1-5-14(6-2)13(4)9-7-8-12(3)10-11-15-16/h9-10,14H,5-8,11,15H2,1-4H3. The predicted molar refractivity (Wildman–Crippen MR) is 71.0 cm³/mol. The lowest BCUT2D eigenvalue weighted by atomic mass is 9.93. The van der Waals surface area contributed by atoms with Crippen LogP contribution in [-0.2, 0) is 0 Å². The van der Waals surface area contributed by atoms with Crippen LogP contribution < -0.4 is 5.48 Å². The molecular weight excluding hydrogens is 198 g/mol. The summed E-state index contributed by atoms with van der Waals surface area (Å²) in [6.45, 7) is 9.40. The Labute approximate surface area is 100 Å². The fourth-order valence-corrected chi connectivity index (χ4v) is 1.98. The summed E-state index contributed by atoms with van der Waals surface area (Å²) in [7, 11) is 0. The lowest BCUT2D eigenvalue weighted by Gasteiger charge is -2.12. The molecule has 0 aromatic rings. The highest BCUT2D eigenvalue weighted by atomic mass is 16.5. The second-order valence-corrected chi connectivity index (χ2v) is 4.45. The first-order valence-electron chi connectivity index (χ1n) is 6.41. The summed E-state index contributed by atoms with van der Waals surface area (Å²) in [6.07, 6.45) is 9.02. The third-order valence-electron chi connectivity index (χ3n) is 3.20.